The molecule has 3 rings (SSSR count). The molecule has 1 aliphatic carbocycles. The van der Waals surface area contributed by atoms with Gasteiger partial charge in [0.25, 0.3) is 0 Å². The van der Waals surface area contributed by atoms with Crippen molar-refractivity contribution in [1.82, 2.24) is 4.98 Å². The van der Waals surface area contributed by atoms with Crippen LogP contribution in [0.4, 0.5) is 11.4 Å². The number of rotatable bonds is 6. The summed E-state index contributed by atoms with van der Waals surface area (Å²) in [4.78, 5) is 21.4. The molecule has 30 heavy (non-hydrogen) atoms. The third-order valence-corrected chi connectivity index (χ3v) is 4.68. The van der Waals surface area contributed by atoms with Crippen LogP contribution in [0.5, 0.6) is 0 Å². The highest BCUT2D eigenvalue weighted by atomic mass is 35.7. The van der Waals surface area contributed by atoms with Gasteiger partial charge in [-0.3, -0.25) is 4.79 Å². The predicted molar refractivity (Wildman–Crippen MR) is 106 cm³/mol. The Labute approximate surface area is 176 Å². The van der Waals surface area contributed by atoms with Crippen molar-refractivity contribution in [1.29, 1.82) is 0 Å². The Morgan fingerprint density at radius 3 is 2.00 bits per heavy atom. The Bertz CT molecular complexity index is 990. The number of halogens is 1. The molecule has 164 valence electrons. The van der Waals surface area contributed by atoms with Crippen molar-refractivity contribution < 1.29 is 33.3 Å². The van der Waals surface area contributed by atoms with Gasteiger partial charge in [0.05, 0.1) is 14.9 Å². The number of benzene rings is 2. The van der Waals surface area contributed by atoms with Crippen molar-refractivity contribution in [3.8, 4) is 11.5 Å². The van der Waals surface area contributed by atoms with Crippen molar-refractivity contribution >= 4 is 22.5 Å². The fourth-order valence-corrected chi connectivity index (χ4v) is 3.23. The Kier molecular flexibility index (Phi) is 7.99. The monoisotopic (exact) mass is 439 g/mol. The summed E-state index contributed by atoms with van der Waals surface area (Å²) in [7, 11) is -4.69. The first kappa shape index (κ1) is 23.8. The van der Waals surface area contributed by atoms with Crippen LogP contribution in [0.15, 0.2) is 39.5 Å². The Balaban J connectivity index is 0.000000575. The van der Waals surface area contributed by atoms with Crippen LogP contribution in [0, 0.1) is 10.2 Å². The second-order valence-electron chi connectivity index (χ2n) is 6.40. The molecule has 9 nitrogen and oxygen atoms in total. The molecule has 1 aliphatic heterocycles. The van der Waals surface area contributed by atoms with Crippen LogP contribution >= 0.6 is 0 Å². The number of fused-ring (bicyclic) bond motifs is 2. The average molecular weight is 440 g/mol. The van der Waals surface area contributed by atoms with Gasteiger partial charge >= 0.3 is 0 Å². The summed E-state index contributed by atoms with van der Waals surface area (Å²) in [5.41, 5.74) is 3.68. The molecule has 1 aromatic rings. The molecule has 1 heterocycles. The van der Waals surface area contributed by atoms with Crippen molar-refractivity contribution in [2.24, 2.45) is 0 Å². The first-order valence-corrected chi connectivity index (χ1v) is 10.9. The van der Waals surface area contributed by atoms with E-state index < -0.39 is 10.2 Å². The fourth-order valence-electron chi connectivity index (χ4n) is 3.23. The van der Waals surface area contributed by atoms with Gasteiger partial charge < -0.3 is 14.2 Å². The third kappa shape index (κ3) is 6.04. The number of hydrogen-bond acceptors (Lipinski definition) is 9. The molecule has 0 amide bonds. The van der Waals surface area contributed by atoms with Gasteiger partial charge in [-0.2, -0.15) is 14.0 Å². The zero-order valence-electron chi connectivity index (χ0n) is 17.4. The number of nitrogens with zero attached hydrogens (tertiary/aromatic N) is 3. The number of aromatic nitrogens is 1. The van der Waals surface area contributed by atoms with E-state index in [0.717, 1.165) is 37.6 Å². The van der Waals surface area contributed by atoms with Crippen LogP contribution in [0.3, 0.4) is 0 Å². The predicted octanol–water partition coefficient (Wildman–Crippen LogP) is -0.139. The van der Waals surface area contributed by atoms with E-state index in [2.05, 4.69) is 42.5 Å². The number of hydrogen-bond donors (Lipinski definition) is 1. The highest BCUT2D eigenvalue weighted by molar-refractivity contribution is 5.80. The van der Waals surface area contributed by atoms with Gasteiger partial charge in [0.1, 0.15) is 5.52 Å². The molecule has 1 aromatic carbocycles. The van der Waals surface area contributed by atoms with Gasteiger partial charge in [-0.05, 0) is 39.8 Å². The fraction of sp³-hybridized carbons (Fsp3) is 0.400. The Morgan fingerprint density at radius 2 is 1.47 bits per heavy atom. The van der Waals surface area contributed by atoms with E-state index >= 15 is 0 Å². The maximum absolute atomic E-state index is 12.5. The minimum Gasteiger partial charge on any atom is -0.453 e. The Morgan fingerprint density at radius 1 is 0.933 bits per heavy atom. The molecular formula is C20H26ClN3O6. The van der Waals surface area contributed by atoms with E-state index in [9.17, 15) is 4.79 Å². The van der Waals surface area contributed by atoms with Gasteiger partial charge in [0.2, 0.25) is 5.43 Å². The van der Waals surface area contributed by atoms with E-state index in [1.807, 2.05) is 24.3 Å². The molecule has 0 unspecified atom stereocenters. The van der Waals surface area contributed by atoms with Crippen LogP contribution < -0.4 is 29.2 Å². The highest BCUT2D eigenvalue weighted by Crippen LogP contribution is 2.28. The topological polar surface area (TPSA) is 139 Å². The summed E-state index contributed by atoms with van der Waals surface area (Å²) >= 11 is 0. The SMILES string of the molecule is CCN(CC)c1cc2oc3cc(N(CC)CC)ccc3nc-2c(=O)c1.[O-][Cl+3]([O-])([O-])O. The number of anilines is 2. The summed E-state index contributed by atoms with van der Waals surface area (Å²) in [6.45, 7) is 11.9. The second-order valence-corrected chi connectivity index (χ2v) is 7.19. The molecule has 0 aromatic heterocycles. The molecule has 10 heteroatoms. The third-order valence-electron chi connectivity index (χ3n) is 4.68. The van der Waals surface area contributed by atoms with Gasteiger partial charge in [0.15, 0.2) is 17.0 Å². The smallest absolute Gasteiger partial charge is 0.210 e. The van der Waals surface area contributed by atoms with Crippen molar-refractivity contribution in [3.63, 3.8) is 0 Å². The average Bonchev–Trinajstić information content (AvgIpc) is 2.67. The summed E-state index contributed by atoms with van der Waals surface area (Å²) in [6, 6.07) is 9.51. The second kappa shape index (κ2) is 10.1. The zero-order valence-corrected chi connectivity index (χ0v) is 18.2. The van der Waals surface area contributed by atoms with Crippen LogP contribution in [-0.2, 0) is 0 Å². The molecule has 1 N–H and O–H groups in total. The Hall–Kier alpha value is -2.43. The molecule has 0 radical (unpaired) electrons. The van der Waals surface area contributed by atoms with Crippen LogP contribution in [-0.4, -0.2) is 35.8 Å². The van der Waals surface area contributed by atoms with Crippen LogP contribution in [0.25, 0.3) is 22.6 Å². The van der Waals surface area contributed by atoms with E-state index in [1.165, 1.54) is 0 Å². The van der Waals surface area contributed by atoms with E-state index in [0.29, 0.717) is 22.6 Å². The molecule has 0 saturated heterocycles. The van der Waals surface area contributed by atoms with Crippen molar-refractivity contribution in [3.05, 3.63) is 40.6 Å². The lowest BCUT2D eigenvalue weighted by molar-refractivity contribution is -1.92. The zero-order chi connectivity index (χ0) is 22.5. The molecule has 2 aliphatic rings. The van der Waals surface area contributed by atoms with Gasteiger partial charge in [-0.1, -0.05) is 0 Å². The summed E-state index contributed by atoms with van der Waals surface area (Å²) in [5, 5.41) is 0. The summed E-state index contributed by atoms with van der Waals surface area (Å²) in [6.07, 6.45) is 0. The minimum absolute atomic E-state index is 0.0992. The van der Waals surface area contributed by atoms with Gasteiger partial charge in [-0.15, -0.1) is 0 Å². The first-order chi connectivity index (χ1) is 14.1. The van der Waals surface area contributed by atoms with E-state index in [-0.39, 0.29) is 5.43 Å². The standard InChI is InChI=1S/C20H25N3O2.ClHO4/c1-5-22(6-2)14-9-10-16-18(12-14)25-19-13-15(23(7-3)8-4)11-17(24)20(19)21-16;2-1(3,4)5/h9-13H,5-8H2,1-4H3;(H,2,3,4,5). The largest absolute Gasteiger partial charge is 0.453 e. The maximum Gasteiger partial charge on any atom is 0.210 e. The van der Waals surface area contributed by atoms with E-state index in [4.69, 9.17) is 23.1 Å². The lowest BCUT2D eigenvalue weighted by Gasteiger charge is -2.22. The highest BCUT2D eigenvalue weighted by Gasteiger charge is 2.17. The van der Waals surface area contributed by atoms with Gasteiger partial charge in [-0.25, -0.2) is 4.98 Å². The molecular weight excluding hydrogens is 414 g/mol. The molecule has 0 spiro atoms. The molecule has 0 bridgehead atoms. The molecule has 0 atom stereocenters. The summed E-state index contributed by atoms with van der Waals surface area (Å²) in [5.74, 6) is 0.540. The van der Waals surface area contributed by atoms with Gasteiger partial charge in [0, 0.05) is 55.8 Å². The quantitative estimate of drug-likeness (QED) is 0.519. The summed E-state index contributed by atoms with van der Waals surface area (Å²) < 4.78 is 38.8. The first-order valence-electron chi connectivity index (χ1n) is 9.62. The van der Waals surface area contributed by atoms with E-state index in [1.54, 1.807) is 6.07 Å². The lowest BCUT2D eigenvalue weighted by atomic mass is 10.1. The normalized spacial score (nSPS) is 11.3. The van der Waals surface area contributed by atoms with Crippen LogP contribution in [0.1, 0.15) is 27.7 Å². The lowest BCUT2D eigenvalue weighted by Crippen LogP contribution is -2.58. The van der Waals surface area contributed by atoms with Crippen molar-refractivity contribution in [2.45, 2.75) is 27.7 Å². The maximum atomic E-state index is 12.5. The molecule has 0 saturated carbocycles. The van der Waals surface area contributed by atoms with Crippen LogP contribution in [0.2, 0.25) is 0 Å². The minimum atomic E-state index is -4.69. The molecule has 0 fully saturated rings. The van der Waals surface area contributed by atoms with Crippen molar-refractivity contribution in [2.75, 3.05) is 36.0 Å².